The molecule has 0 radical (unpaired) electrons. The van der Waals surface area contributed by atoms with Crippen LogP contribution in [0, 0.1) is 0 Å². The number of methoxy groups -OCH3 is 1. The van der Waals surface area contributed by atoms with E-state index in [1.54, 1.807) is 25.4 Å². The second-order valence-corrected chi connectivity index (χ2v) is 7.36. The van der Waals surface area contributed by atoms with Crippen LogP contribution in [0.1, 0.15) is 23.1 Å². The molecule has 3 aromatic rings. The maximum atomic E-state index is 11.7. The van der Waals surface area contributed by atoms with Crippen molar-refractivity contribution in [2.24, 2.45) is 0 Å². The van der Waals surface area contributed by atoms with E-state index in [0.29, 0.717) is 0 Å². The lowest BCUT2D eigenvalue weighted by atomic mass is 10.1. The van der Waals surface area contributed by atoms with E-state index in [0.717, 1.165) is 47.1 Å². The van der Waals surface area contributed by atoms with Crippen LogP contribution in [-0.2, 0) is 17.6 Å². The van der Waals surface area contributed by atoms with Gasteiger partial charge in [-0.3, -0.25) is 4.79 Å². The molecule has 0 saturated carbocycles. The molecule has 4 rings (SSSR count). The highest BCUT2D eigenvalue weighted by Gasteiger charge is 2.22. The van der Waals surface area contributed by atoms with E-state index >= 15 is 0 Å². The molecule has 132 valence electrons. The van der Waals surface area contributed by atoms with Crippen LogP contribution in [0.4, 0.5) is 5.69 Å². The highest BCUT2D eigenvalue weighted by atomic mass is 32.1. The summed E-state index contributed by atoms with van der Waals surface area (Å²) < 4.78 is 5.20. The van der Waals surface area contributed by atoms with Crippen molar-refractivity contribution < 1.29 is 9.53 Å². The highest BCUT2D eigenvalue weighted by molar-refractivity contribution is 7.10. The predicted octanol–water partition coefficient (Wildman–Crippen LogP) is 4.32. The molecule has 0 spiro atoms. The van der Waals surface area contributed by atoms with Gasteiger partial charge in [0.25, 0.3) is 0 Å². The van der Waals surface area contributed by atoms with Gasteiger partial charge in [0, 0.05) is 36.5 Å². The number of carbonyl (C=O) groups is 1. The lowest BCUT2D eigenvalue weighted by Gasteiger charge is -2.14. The van der Waals surface area contributed by atoms with Gasteiger partial charge in [0.05, 0.1) is 17.8 Å². The average Bonchev–Trinajstić information content (AvgIpc) is 3.28. The highest BCUT2D eigenvalue weighted by Crippen LogP contribution is 2.33. The molecule has 0 fully saturated rings. The maximum absolute atomic E-state index is 11.7. The van der Waals surface area contributed by atoms with E-state index in [1.165, 1.54) is 11.1 Å². The number of thiazole rings is 1. The third-order valence-corrected chi connectivity index (χ3v) is 5.57. The molecule has 5 heteroatoms. The minimum absolute atomic E-state index is 0.104. The van der Waals surface area contributed by atoms with Gasteiger partial charge in [0.2, 0.25) is 5.91 Å². The first kappa shape index (κ1) is 16.8. The van der Waals surface area contributed by atoms with Crippen molar-refractivity contribution in [2.75, 3.05) is 18.6 Å². The Labute approximate surface area is 157 Å². The molecule has 1 aliphatic heterocycles. The van der Waals surface area contributed by atoms with Gasteiger partial charge in [-0.2, -0.15) is 0 Å². The van der Waals surface area contributed by atoms with Crippen molar-refractivity contribution in [3.63, 3.8) is 0 Å². The third-order valence-electron chi connectivity index (χ3n) is 4.72. The molecule has 0 aliphatic carbocycles. The zero-order valence-electron chi connectivity index (χ0n) is 14.9. The number of fused-ring (bicyclic) bond motifs is 1. The number of nitrogens with zero attached hydrogens (tertiary/aromatic N) is 2. The van der Waals surface area contributed by atoms with Gasteiger partial charge in [-0.15, -0.1) is 11.3 Å². The molecular weight excluding hydrogens is 344 g/mol. The summed E-state index contributed by atoms with van der Waals surface area (Å²) in [5, 5.41) is 3.20. The van der Waals surface area contributed by atoms with Crippen molar-refractivity contribution in [3.05, 3.63) is 64.0 Å². The average molecular weight is 364 g/mol. The van der Waals surface area contributed by atoms with E-state index in [4.69, 9.17) is 9.72 Å². The van der Waals surface area contributed by atoms with Crippen molar-refractivity contribution in [2.45, 2.75) is 19.8 Å². The molecule has 2 heterocycles. The van der Waals surface area contributed by atoms with Crippen LogP contribution in [0.25, 0.3) is 11.3 Å². The number of amides is 1. The first-order valence-electron chi connectivity index (χ1n) is 8.63. The fourth-order valence-corrected chi connectivity index (χ4v) is 4.17. The SMILES string of the molecule is COc1ccc(Cc2nc(-c3ccc4c(c3)CCN4C(C)=O)cs2)cc1. The second-order valence-electron chi connectivity index (χ2n) is 6.42. The molecule has 1 aliphatic rings. The molecule has 0 N–H and O–H groups in total. The van der Waals surface area contributed by atoms with E-state index in [9.17, 15) is 4.79 Å². The van der Waals surface area contributed by atoms with Gasteiger partial charge >= 0.3 is 0 Å². The molecule has 0 saturated heterocycles. The van der Waals surface area contributed by atoms with Crippen molar-refractivity contribution in [1.82, 2.24) is 4.98 Å². The normalized spacial score (nSPS) is 12.9. The largest absolute Gasteiger partial charge is 0.497 e. The standard InChI is InChI=1S/C21H20N2O2S/c1-14(24)23-10-9-17-12-16(5-8-20(17)23)19-13-26-21(22-19)11-15-3-6-18(25-2)7-4-15/h3-8,12-13H,9-11H2,1-2H3. The van der Waals surface area contributed by atoms with Crippen LogP contribution >= 0.6 is 11.3 Å². The fourth-order valence-electron chi connectivity index (χ4n) is 3.33. The minimum Gasteiger partial charge on any atom is -0.497 e. The summed E-state index contributed by atoms with van der Waals surface area (Å²) in [6, 6.07) is 14.4. The molecule has 0 bridgehead atoms. The summed E-state index contributed by atoms with van der Waals surface area (Å²) in [4.78, 5) is 18.3. The number of benzene rings is 2. The van der Waals surface area contributed by atoms with Gasteiger partial charge in [-0.1, -0.05) is 18.2 Å². The lowest BCUT2D eigenvalue weighted by Crippen LogP contribution is -2.25. The Bertz CT molecular complexity index is 947. The summed E-state index contributed by atoms with van der Waals surface area (Å²) >= 11 is 1.68. The number of hydrogen-bond acceptors (Lipinski definition) is 4. The van der Waals surface area contributed by atoms with E-state index < -0.39 is 0 Å². The van der Waals surface area contributed by atoms with Gasteiger partial charge in [0.15, 0.2) is 0 Å². The minimum atomic E-state index is 0.104. The summed E-state index contributed by atoms with van der Waals surface area (Å²) in [6.45, 7) is 2.39. The Morgan fingerprint density at radius 2 is 2.04 bits per heavy atom. The van der Waals surface area contributed by atoms with Crippen LogP contribution in [0.2, 0.25) is 0 Å². The van der Waals surface area contributed by atoms with Crippen molar-refractivity contribution in [1.29, 1.82) is 0 Å². The molecule has 26 heavy (non-hydrogen) atoms. The number of aromatic nitrogens is 1. The number of rotatable bonds is 4. The van der Waals surface area contributed by atoms with Gasteiger partial charge in [0.1, 0.15) is 5.75 Å². The molecule has 0 atom stereocenters. The third kappa shape index (κ3) is 3.22. The molecule has 0 unspecified atom stereocenters. The Balaban J connectivity index is 1.54. The topological polar surface area (TPSA) is 42.4 Å². The fraction of sp³-hybridized carbons (Fsp3) is 0.238. The van der Waals surface area contributed by atoms with Crippen LogP contribution in [-0.4, -0.2) is 24.5 Å². The maximum Gasteiger partial charge on any atom is 0.223 e. The zero-order valence-corrected chi connectivity index (χ0v) is 15.7. The number of carbonyl (C=O) groups excluding carboxylic acids is 1. The van der Waals surface area contributed by atoms with Crippen molar-refractivity contribution in [3.8, 4) is 17.0 Å². The zero-order chi connectivity index (χ0) is 18.1. The Morgan fingerprint density at radius 3 is 2.77 bits per heavy atom. The Kier molecular flexibility index (Phi) is 4.47. The second kappa shape index (κ2) is 6.92. The number of ether oxygens (including phenoxy) is 1. The summed E-state index contributed by atoms with van der Waals surface area (Å²) in [7, 11) is 1.67. The van der Waals surface area contributed by atoms with Gasteiger partial charge < -0.3 is 9.64 Å². The molecular formula is C21H20N2O2S. The molecule has 4 nitrogen and oxygen atoms in total. The Hall–Kier alpha value is -2.66. The molecule has 1 amide bonds. The van der Waals surface area contributed by atoms with Gasteiger partial charge in [-0.25, -0.2) is 4.98 Å². The predicted molar refractivity (Wildman–Crippen MR) is 105 cm³/mol. The monoisotopic (exact) mass is 364 g/mol. The first-order valence-corrected chi connectivity index (χ1v) is 9.51. The van der Waals surface area contributed by atoms with Crippen LogP contribution < -0.4 is 9.64 Å². The lowest BCUT2D eigenvalue weighted by molar-refractivity contribution is -0.116. The van der Waals surface area contributed by atoms with Crippen LogP contribution in [0.3, 0.4) is 0 Å². The van der Waals surface area contributed by atoms with Crippen LogP contribution in [0.15, 0.2) is 47.8 Å². The number of anilines is 1. The van der Waals surface area contributed by atoms with E-state index in [-0.39, 0.29) is 5.91 Å². The van der Waals surface area contributed by atoms with Crippen LogP contribution in [0.5, 0.6) is 5.75 Å². The van der Waals surface area contributed by atoms with E-state index in [1.807, 2.05) is 23.1 Å². The first-order chi connectivity index (χ1) is 12.6. The quantitative estimate of drug-likeness (QED) is 0.692. The molecule has 2 aromatic carbocycles. The molecule has 1 aromatic heterocycles. The number of hydrogen-bond donors (Lipinski definition) is 0. The van der Waals surface area contributed by atoms with E-state index in [2.05, 4.69) is 29.6 Å². The summed E-state index contributed by atoms with van der Waals surface area (Å²) in [5.41, 5.74) is 5.60. The summed E-state index contributed by atoms with van der Waals surface area (Å²) in [5.74, 6) is 0.971. The van der Waals surface area contributed by atoms with Crippen molar-refractivity contribution >= 4 is 22.9 Å². The van der Waals surface area contributed by atoms with Gasteiger partial charge in [-0.05, 0) is 41.8 Å². The Morgan fingerprint density at radius 1 is 1.23 bits per heavy atom. The summed E-state index contributed by atoms with van der Waals surface area (Å²) in [6.07, 6.45) is 1.73. The smallest absolute Gasteiger partial charge is 0.223 e.